The fourth-order valence-corrected chi connectivity index (χ4v) is 2.98. The Labute approximate surface area is 169 Å². The van der Waals surface area contributed by atoms with E-state index in [1.807, 2.05) is 19.9 Å². The minimum atomic E-state index is -0.405. The number of amides is 2. The molecule has 2 N–H and O–H groups in total. The number of carbonyl (C=O) groups excluding carboxylic acids is 2. The Morgan fingerprint density at radius 1 is 1.14 bits per heavy atom. The first-order chi connectivity index (χ1) is 13.4. The summed E-state index contributed by atoms with van der Waals surface area (Å²) in [7, 11) is 0. The normalized spacial score (nSPS) is 10.7. The van der Waals surface area contributed by atoms with Crippen LogP contribution in [0.4, 0.5) is 0 Å². The molecule has 0 aliphatic rings. The number of aromatic nitrogens is 4. The Morgan fingerprint density at radius 3 is 2.54 bits per heavy atom. The molecule has 0 atom stereocenters. The fourth-order valence-electron chi connectivity index (χ4n) is 2.29. The van der Waals surface area contributed by atoms with E-state index in [1.165, 1.54) is 0 Å². The van der Waals surface area contributed by atoms with Crippen LogP contribution in [0, 0.1) is 13.8 Å². The van der Waals surface area contributed by atoms with Crippen molar-refractivity contribution in [2.24, 2.45) is 0 Å². The molecule has 0 spiro atoms. The van der Waals surface area contributed by atoms with Crippen LogP contribution >= 0.6 is 23.4 Å². The number of aryl methyl sites for hydroxylation is 2. The van der Waals surface area contributed by atoms with Crippen molar-refractivity contribution in [2.45, 2.75) is 25.6 Å². The monoisotopic (exact) mass is 420 g/mol. The molecular weight excluding hydrogens is 404 g/mol. The van der Waals surface area contributed by atoms with Crippen LogP contribution in [-0.2, 0) is 16.1 Å². The predicted molar refractivity (Wildman–Crippen MR) is 103 cm³/mol. The maximum absolute atomic E-state index is 11.9. The highest BCUT2D eigenvalue weighted by Crippen LogP contribution is 2.24. The van der Waals surface area contributed by atoms with Crippen LogP contribution in [0.5, 0.6) is 0 Å². The molecule has 3 rings (SSSR count). The molecule has 0 aliphatic carbocycles. The number of thioether (sulfide) groups is 1. The van der Waals surface area contributed by atoms with E-state index < -0.39 is 5.91 Å². The molecule has 9 nitrogen and oxygen atoms in total. The van der Waals surface area contributed by atoms with Gasteiger partial charge in [0.25, 0.3) is 11.1 Å². The van der Waals surface area contributed by atoms with Crippen molar-refractivity contribution < 1.29 is 14.0 Å². The standard InChI is InChI=1S/C17H17ClN6O3S/c1-10-7-11(2)24(23-10)8-14(25)19-20-15(26)9-28-17-22-21-16(27-17)12-3-5-13(18)6-4-12/h3-7H,8-9H2,1-2H3,(H,19,25)(H,20,26). The Balaban J connectivity index is 1.43. The molecule has 2 amide bonds. The van der Waals surface area contributed by atoms with Crippen LogP contribution in [0.3, 0.4) is 0 Å². The number of benzene rings is 1. The quantitative estimate of drug-likeness (QED) is 0.463. The molecular formula is C17H17ClN6O3S. The van der Waals surface area contributed by atoms with Crippen molar-refractivity contribution in [3.63, 3.8) is 0 Å². The van der Waals surface area contributed by atoms with Gasteiger partial charge in [0.1, 0.15) is 6.54 Å². The van der Waals surface area contributed by atoms with Crippen LogP contribution in [0.2, 0.25) is 5.02 Å². The van der Waals surface area contributed by atoms with Crippen molar-refractivity contribution in [3.8, 4) is 11.5 Å². The summed E-state index contributed by atoms with van der Waals surface area (Å²) in [4.78, 5) is 23.8. The van der Waals surface area contributed by atoms with Crippen molar-refractivity contribution in [2.75, 3.05) is 5.75 Å². The Hall–Kier alpha value is -2.85. The molecule has 0 saturated carbocycles. The number of nitrogens with one attached hydrogen (secondary N) is 2. The van der Waals surface area contributed by atoms with Gasteiger partial charge in [0.15, 0.2) is 0 Å². The number of halogens is 1. The summed E-state index contributed by atoms with van der Waals surface area (Å²) in [5.41, 5.74) is 7.10. The van der Waals surface area contributed by atoms with E-state index in [-0.39, 0.29) is 23.4 Å². The van der Waals surface area contributed by atoms with Crippen LogP contribution < -0.4 is 10.9 Å². The van der Waals surface area contributed by atoms with Crippen molar-refractivity contribution in [1.29, 1.82) is 0 Å². The average Bonchev–Trinajstić information content (AvgIpc) is 3.25. The highest BCUT2D eigenvalue weighted by Gasteiger charge is 2.12. The molecule has 0 unspecified atom stereocenters. The van der Waals surface area contributed by atoms with Gasteiger partial charge in [-0.15, -0.1) is 10.2 Å². The minimum Gasteiger partial charge on any atom is -0.411 e. The van der Waals surface area contributed by atoms with Crippen molar-refractivity contribution in [3.05, 3.63) is 46.7 Å². The Kier molecular flexibility index (Phi) is 6.32. The van der Waals surface area contributed by atoms with Crippen LogP contribution in [0.15, 0.2) is 40.0 Å². The first-order valence-electron chi connectivity index (χ1n) is 8.21. The van der Waals surface area contributed by atoms with Gasteiger partial charge in [-0.1, -0.05) is 23.4 Å². The molecule has 0 aliphatic heterocycles. The second-order valence-corrected chi connectivity index (χ2v) is 7.21. The van der Waals surface area contributed by atoms with Crippen LogP contribution in [-0.4, -0.2) is 37.5 Å². The molecule has 28 heavy (non-hydrogen) atoms. The SMILES string of the molecule is Cc1cc(C)n(CC(=O)NNC(=O)CSc2nnc(-c3ccc(Cl)cc3)o2)n1. The van der Waals surface area contributed by atoms with Crippen LogP contribution in [0.25, 0.3) is 11.5 Å². The largest absolute Gasteiger partial charge is 0.411 e. The molecule has 3 aromatic rings. The summed E-state index contributed by atoms with van der Waals surface area (Å²) in [6, 6.07) is 8.82. The first-order valence-corrected chi connectivity index (χ1v) is 9.58. The lowest BCUT2D eigenvalue weighted by Gasteiger charge is -2.07. The van der Waals surface area contributed by atoms with E-state index in [9.17, 15) is 9.59 Å². The highest BCUT2D eigenvalue weighted by molar-refractivity contribution is 7.99. The summed E-state index contributed by atoms with van der Waals surface area (Å²) in [6.45, 7) is 3.71. The van der Waals surface area contributed by atoms with E-state index in [1.54, 1.807) is 28.9 Å². The first kappa shape index (κ1) is 19.9. The molecule has 1 aromatic carbocycles. The zero-order chi connectivity index (χ0) is 20.1. The summed E-state index contributed by atoms with van der Waals surface area (Å²) in [5.74, 6) is -0.453. The number of nitrogens with zero attached hydrogens (tertiary/aromatic N) is 4. The zero-order valence-electron chi connectivity index (χ0n) is 15.1. The molecule has 0 bridgehead atoms. The van der Waals surface area contributed by atoms with Crippen LogP contribution in [0.1, 0.15) is 11.4 Å². The van der Waals surface area contributed by atoms with Crippen molar-refractivity contribution >= 4 is 35.2 Å². The van der Waals surface area contributed by atoms with Gasteiger partial charge < -0.3 is 4.42 Å². The van der Waals surface area contributed by atoms with Gasteiger partial charge in [0.05, 0.1) is 11.4 Å². The topological polar surface area (TPSA) is 115 Å². The second kappa shape index (κ2) is 8.89. The lowest BCUT2D eigenvalue weighted by Crippen LogP contribution is -2.44. The van der Waals surface area contributed by atoms with E-state index in [2.05, 4.69) is 26.1 Å². The summed E-state index contributed by atoms with van der Waals surface area (Å²) in [5, 5.41) is 12.9. The summed E-state index contributed by atoms with van der Waals surface area (Å²) >= 11 is 6.91. The molecule has 0 radical (unpaired) electrons. The number of rotatable bonds is 6. The minimum absolute atomic E-state index is 0.00242. The maximum Gasteiger partial charge on any atom is 0.277 e. The lowest BCUT2D eigenvalue weighted by atomic mass is 10.2. The van der Waals surface area contributed by atoms with Gasteiger partial charge in [-0.2, -0.15) is 5.10 Å². The highest BCUT2D eigenvalue weighted by atomic mass is 35.5. The summed E-state index contributed by atoms with van der Waals surface area (Å²) in [6.07, 6.45) is 0. The third kappa shape index (κ3) is 5.33. The number of hydrogen-bond acceptors (Lipinski definition) is 7. The third-order valence-corrected chi connectivity index (χ3v) is 4.63. The molecule has 2 heterocycles. The second-order valence-electron chi connectivity index (χ2n) is 5.85. The molecule has 0 fully saturated rings. The zero-order valence-corrected chi connectivity index (χ0v) is 16.7. The van der Waals surface area contributed by atoms with E-state index in [0.29, 0.717) is 10.9 Å². The third-order valence-electron chi connectivity index (χ3n) is 3.56. The lowest BCUT2D eigenvalue weighted by molar-refractivity contribution is -0.128. The molecule has 2 aromatic heterocycles. The molecule has 0 saturated heterocycles. The van der Waals surface area contributed by atoms with Crippen molar-refractivity contribution in [1.82, 2.24) is 30.8 Å². The fraction of sp³-hybridized carbons (Fsp3) is 0.235. The van der Waals surface area contributed by atoms with Gasteiger partial charge in [-0.25, -0.2) is 0 Å². The van der Waals surface area contributed by atoms with Gasteiger partial charge >= 0.3 is 0 Å². The average molecular weight is 421 g/mol. The smallest absolute Gasteiger partial charge is 0.277 e. The van der Waals surface area contributed by atoms with Gasteiger partial charge in [0, 0.05) is 16.3 Å². The van der Waals surface area contributed by atoms with Gasteiger partial charge in [0.2, 0.25) is 11.8 Å². The predicted octanol–water partition coefficient (Wildman–Crippen LogP) is 2.14. The van der Waals surface area contributed by atoms with E-state index >= 15 is 0 Å². The molecule has 11 heteroatoms. The van der Waals surface area contributed by atoms with Gasteiger partial charge in [-0.3, -0.25) is 25.1 Å². The number of hydrogen-bond donors (Lipinski definition) is 2. The maximum atomic E-state index is 11.9. The Morgan fingerprint density at radius 2 is 1.86 bits per heavy atom. The number of hydrazine groups is 1. The molecule has 146 valence electrons. The summed E-state index contributed by atoms with van der Waals surface area (Å²) < 4.78 is 7.06. The number of carbonyl (C=O) groups is 2. The Bertz CT molecular complexity index is 985. The van der Waals surface area contributed by atoms with E-state index in [0.717, 1.165) is 28.7 Å². The van der Waals surface area contributed by atoms with Gasteiger partial charge in [-0.05, 0) is 44.2 Å². The van der Waals surface area contributed by atoms with E-state index in [4.69, 9.17) is 16.0 Å².